The van der Waals surface area contributed by atoms with Crippen molar-refractivity contribution in [3.05, 3.63) is 35.8 Å². The van der Waals surface area contributed by atoms with Crippen LogP contribution in [-0.2, 0) is 4.74 Å². The molecule has 0 radical (unpaired) electrons. The predicted molar refractivity (Wildman–Crippen MR) is 82.3 cm³/mol. The van der Waals surface area contributed by atoms with E-state index in [9.17, 15) is 14.3 Å². The minimum atomic E-state index is -0.774. The summed E-state index contributed by atoms with van der Waals surface area (Å²) in [4.78, 5) is 14.8. The molecule has 0 saturated carbocycles. The molecule has 1 amide bonds. The van der Waals surface area contributed by atoms with Crippen LogP contribution in [0.25, 0.3) is 10.9 Å². The van der Waals surface area contributed by atoms with E-state index >= 15 is 0 Å². The molecule has 5 nitrogen and oxygen atoms in total. The number of hydrogen-bond donors (Lipinski definition) is 3. The maximum Gasteiger partial charge on any atom is 0.267 e. The molecule has 0 fully saturated rings. The molecule has 1 aromatic carbocycles. The number of rotatable bonds is 7. The summed E-state index contributed by atoms with van der Waals surface area (Å²) >= 11 is 0. The van der Waals surface area contributed by atoms with Crippen LogP contribution in [0.3, 0.4) is 0 Å². The Morgan fingerprint density at radius 1 is 1.41 bits per heavy atom. The quantitative estimate of drug-likeness (QED) is 0.733. The minimum absolute atomic E-state index is 0.0782. The lowest BCUT2D eigenvalue weighted by molar-refractivity contribution is 0.0259. The molecule has 1 atom stereocenters. The first kappa shape index (κ1) is 16.5. The lowest BCUT2D eigenvalue weighted by Gasteiger charge is -2.13. The zero-order chi connectivity index (χ0) is 16.1. The molecule has 0 aliphatic heterocycles. The molecule has 3 N–H and O–H groups in total. The number of benzene rings is 1. The number of aliphatic hydroxyl groups is 1. The lowest BCUT2D eigenvalue weighted by atomic mass is 10.2. The molecule has 6 heteroatoms. The van der Waals surface area contributed by atoms with Crippen LogP contribution in [0.5, 0.6) is 0 Å². The average Bonchev–Trinajstić information content (AvgIpc) is 2.90. The maximum atomic E-state index is 13.6. The van der Waals surface area contributed by atoms with Crippen LogP contribution in [0.4, 0.5) is 4.39 Å². The summed E-state index contributed by atoms with van der Waals surface area (Å²) in [6.07, 6.45) is -0.774. The third-order valence-electron chi connectivity index (χ3n) is 3.12. The van der Waals surface area contributed by atoms with Gasteiger partial charge in [-0.05, 0) is 24.1 Å². The monoisotopic (exact) mass is 308 g/mol. The van der Waals surface area contributed by atoms with Gasteiger partial charge in [0.2, 0.25) is 0 Å². The van der Waals surface area contributed by atoms with E-state index in [1.165, 1.54) is 12.1 Å². The van der Waals surface area contributed by atoms with E-state index in [0.717, 1.165) is 0 Å². The number of halogens is 1. The summed E-state index contributed by atoms with van der Waals surface area (Å²) in [7, 11) is 0. The number of aliphatic hydroxyl groups excluding tert-OH is 1. The number of hydrogen-bond acceptors (Lipinski definition) is 3. The van der Waals surface area contributed by atoms with Crippen molar-refractivity contribution in [3.63, 3.8) is 0 Å². The number of aromatic amines is 1. The van der Waals surface area contributed by atoms with Crippen molar-refractivity contribution in [2.75, 3.05) is 19.8 Å². The van der Waals surface area contributed by atoms with Crippen LogP contribution >= 0.6 is 0 Å². The molecule has 1 aromatic heterocycles. The normalized spacial score (nSPS) is 12.8. The first-order valence-corrected chi connectivity index (χ1v) is 7.28. The Kier molecular flexibility index (Phi) is 5.51. The molecule has 1 unspecified atom stereocenters. The van der Waals surface area contributed by atoms with Crippen LogP contribution in [0.15, 0.2) is 24.3 Å². The number of ether oxygens (including phenoxy) is 1. The van der Waals surface area contributed by atoms with Gasteiger partial charge in [0.1, 0.15) is 11.5 Å². The van der Waals surface area contributed by atoms with Gasteiger partial charge in [-0.3, -0.25) is 4.79 Å². The number of carbonyl (C=O) groups excluding carboxylic acids is 1. The van der Waals surface area contributed by atoms with Crippen LogP contribution in [0.1, 0.15) is 24.3 Å². The Morgan fingerprint density at radius 2 is 2.18 bits per heavy atom. The fraction of sp³-hybridized carbons (Fsp3) is 0.438. The van der Waals surface area contributed by atoms with E-state index in [2.05, 4.69) is 10.3 Å². The second kappa shape index (κ2) is 7.38. The summed E-state index contributed by atoms with van der Waals surface area (Å²) in [6.45, 7) is 4.84. The molecule has 0 aliphatic rings. The van der Waals surface area contributed by atoms with E-state index in [0.29, 0.717) is 23.4 Å². The second-order valence-electron chi connectivity index (χ2n) is 5.68. The van der Waals surface area contributed by atoms with Crippen LogP contribution in [0, 0.1) is 11.7 Å². The third-order valence-corrected chi connectivity index (χ3v) is 3.12. The number of carbonyl (C=O) groups is 1. The molecular weight excluding hydrogens is 287 g/mol. The Morgan fingerprint density at radius 3 is 2.86 bits per heavy atom. The van der Waals surface area contributed by atoms with Crippen molar-refractivity contribution in [1.82, 2.24) is 10.3 Å². The van der Waals surface area contributed by atoms with Crippen LogP contribution < -0.4 is 5.32 Å². The van der Waals surface area contributed by atoms with Crippen molar-refractivity contribution >= 4 is 16.8 Å². The maximum absolute atomic E-state index is 13.6. The lowest BCUT2D eigenvalue weighted by Crippen LogP contribution is -2.35. The fourth-order valence-electron chi connectivity index (χ4n) is 2.04. The van der Waals surface area contributed by atoms with E-state index in [1.54, 1.807) is 12.1 Å². The number of fused-ring (bicyclic) bond motifs is 1. The summed E-state index contributed by atoms with van der Waals surface area (Å²) in [5.41, 5.74) is 0.821. The molecule has 0 saturated heterocycles. The Balaban J connectivity index is 1.87. The van der Waals surface area contributed by atoms with Gasteiger partial charge in [0.05, 0.1) is 12.7 Å². The Labute approximate surface area is 128 Å². The highest BCUT2D eigenvalue weighted by Gasteiger charge is 2.13. The van der Waals surface area contributed by atoms with Gasteiger partial charge >= 0.3 is 0 Å². The van der Waals surface area contributed by atoms with Gasteiger partial charge in [0.25, 0.3) is 5.91 Å². The van der Waals surface area contributed by atoms with Gasteiger partial charge in [-0.25, -0.2) is 4.39 Å². The zero-order valence-corrected chi connectivity index (χ0v) is 12.7. The third kappa shape index (κ3) is 4.29. The van der Waals surface area contributed by atoms with Gasteiger partial charge in [0, 0.05) is 24.1 Å². The minimum Gasteiger partial charge on any atom is -0.389 e. The smallest absolute Gasteiger partial charge is 0.267 e. The SMILES string of the molecule is CC(C)COCC(O)CNC(=O)c1cc2c(F)cccc2[nH]1. The number of nitrogens with one attached hydrogen (secondary N) is 2. The molecule has 1 heterocycles. The molecule has 0 bridgehead atoms. The van der Waals surface area contributed by atoms with E-state index in [1.807, 2.05) is 13.8 Å². The van der Waals surface area contributed by atoms with Gasteiger partial charge in [-0.1, -0.05) is 19.9 Å². The summed E-state index contributed by atoms with van der Waals surface area (Å²) in [6, 6.07) is 6.07. The molecule has 2 rings (SSSR count). The van der Waals surface area contributed by atoms with Crippen molar-refractivity contribution in [3.8, 4) is 0 Å². The largest absolute Gasteiger partial charge is 0.389 e. The Hall–Kier alpha value is -1.92. The first-order valence-electron chi connectivity index (χ1n) is 7.28. The zero-order valence-electron chi connectivity index (χ0n) is 12.7. The van der Waals surface area contributed by atoms with Crippen molar-refractivity contribution in [1.29, 1.82) is 0 Å². The number of H-pyrrole nitrogens is 1. The predicted octanol–water partition coefficient (Wildman–Crippen LogP) is 2.07. The summed E-state index contributed by atoms with van der Waals surface area (Å²) in [5.74, 6) is -0.378. The van der Waals surface area contributed by atoms with Crippen molar-refractivity contribution in [2.45, 2.75) is 20.0 Å². The molecule has 0 aliphatic carbocycles. The van der Waals surface area contributed by atoms with E-state index in [-0.39, 0.29) is 24.7 Å². The Bertz CT molecular complexity index is 639. The fourth-order valence-corrected chi connectivity index (χ4v) is 2.04. The topological polar surface area (TPSA) is 74.3 Å². The molecule has 2 aromatic rings. The summed E-state index contributed by atoms with van der Waals surface area (Å²) < 4.78 is 18.9. The van der Waals surface area contributed by atoms with E-state index in [4.69, 9.17) is 4.74 Å². The molecular formula is C16H21FN2O3. The molecule has 22 heavy (non-hydrogen) atoms. The summed E-state index contributed by atoms with van der Waals surface area (Å²) in [5, 5.41) is 12.7. The average molecular weight is 308 g/mol. The highest BCUT2D eigenvalue weighted by atomic mass is 19.1. The van der Waals surface area contributed by atoms with E-state index < -0.39 is 12.0 Å². The van der Waals surface area contributed by atoms with Gasteiger partial charge in [-0.15, -0.1) is 0 Å². The van der Waals surface area contributed by atoms with Gasteiger partial charge in [-0.2, -0.15) is 0 Å². The van der Waals surface area contributed by atoms with Crippen molar-refractivity contribution < 1.29 is 19.0 Å². The standard InChI is InChI=1S/C16H21FN2O3/c1-10(2)8-22-9-11(20)7-18-16(21)15-6-12-13(17)4-3-5-14(12)19-15/h3-6,10-11,19-20H,7-9H2,1-2H3,(H,18,21). The van der Waals surface area contributed by atoms with Gasteiger partial charge in [0.15, 0.2) is 0 Å². The van der Waals surface area contributed by atoms with Crippen molar-refractivity contribution in [2.24, 2.45) is 5.92 Å². The first-order chi connectivity index (χ1) is 10.5. The van der Waals surface area contributed by atoms with Crippen LogP contribution in [-0.4, -0.2) is 41.9 Å². The number of aromatic nitrogens is 1. The highest BCUT2D eigenvalue weighted by Crippen LogP contribution is 2.18. The second-order valence-corrected chi connectivity index (χ2v) is 5.68. The molecule has 120 valence electrons. The van der Waals surface area contributed by atoms with Gasteiger partial charge < -0.3 is 20.1 Å². The highest BCUT2D eigenvalue weighted by molar-refractivity contribution is 5.98. The van der Waals surface area contributed by atoms with Crippen LogP contribution in [0.2, 0.25) is 0 Å². The number of amides is 1. The molecule has 0 spiro atoms.